The summed E-state index contributed by atoms with van der Waals surface area (Å²) < 4.78 is 7.25. The van der Waals surface area contributed by atoms with Gasteiger partial charge in [0.25, 0.3) is 0 Å². The van der Waals surface area contributed by atoms with Crippen LogP contribution < -0.4 is 10.1 Å². The van der Waals surface area contributed by atoms with Crippen LogP contribution in [0.5, 0.6) is 5.75 Å². The van der Waals surface area contributed by atoms with Crippen molar-refractivity contribution in [3.05, 3.63) is 55.9 Å². The molecule has 0 heterocycles. The van der Waals surface area contributed by atoms with Crippen molar-refractivity contribution in [1.29, 1.82) is 0 Å². The smallest absolute Gasteiger partial charge is 0.119 e. The van der Waals surface area contributed by atoms with E-state index in [1.807, 2.05) is 36.4 Å². The van der Waals surface area contributed by atoms with Gasteiger partial charge in [-0.15, -0.1) is 0 Å². The van der Waals surface area contributed by atoms with Crippen LogP contribution in [0.4, 0.5) is 5.69 Å². The minimum atomic E-state index is 0.661. The summed E-state index contributed by atoms with van der Waals surface area (Å²) in [7, 11) is 1.66. The minimum Gasteiger partial charge on any atom is -0.497 e. The summed E-state index contributed by atoms with van der Waals surface area (Å²) in [5, 5.41) is 4.01. The first-order valence-electron chi connectivity index (χ1n) is 5.61. The van der Waals surface area contributed by atoms with Crippen molar-refractivity contribution in [2.24, 2.45) is 0 Å². The molecule has 0 radical (unpaired) electrons. The lowest BCUT2D eigenvalue weighted by atomic mass is 10.2. The third-order valence-electron chi connectivity index (χ3n) is 2.65. The second-order valence-corrected chi connectivity index (χ2v) is 6.11. The summed E-state index contributed by atoms with van der Waals surface area (Å²) in [5.41, 5.74) is 2.00. The summed E-state index contributed by atoms with van der Waals surface area (Å²) in [6.45, 7) is 0.661. The van der Waals surface area contributed by atoms with Gasteiger partial charge in [0.1, 0.15) is 5.75 Å². The van der Waals surface area contributed by atoms with Crippen molar-refractivity contribution in [3.8, 4) is 5.75 Å². The summed E-state index contributed by atoms with van der Waals surface area (Å²) in [6, 6.07) is 11.6. The molecule has 0 amide bonds. The average molecular weight is 406 g/mol. The molecule has 0 saturated heterocycles. The van der Waals surface area contributed by atoms with Gasteiger partial charge in [0.15, 0.2) is 0 Å². The van der Waals surface area contributed by atoms with E-state index in [-0.39, 0.29) is 0 Å². The lowest BCUT2D eigenvalue weighted by molar-refractivity contribution is 0.414. The summed E-state index contributed by atoms with van der Waals surface area (Å²) in [4.78, 5) is 0. The van der Waals surface area contributed by atoms with E-state index >= 15 is 0 Å². The maximum atomic E-state index is 6.14. The van der Waals surface area contributed by atoms with Crippen LogP contribution >= 0.6 is 43.5 Å². The molecule has 0 unspecified atom stereocenters. The fourth-order valence-corrected chi connectivity index (χ4v) is 2.57. The van der Waals surface area contributed by atoms with Crippen LogP contribution in [0.3, 0.4) is 0 Å². The second-order valence-electron chi connectivity index (χ2n) is 3.94. The van der Waals surface area contributed by atoms with E-state index in [2.05, 4.69) is 37.2 Å². The topological polar surface area (TPSA) is 21.3 Å². The molecule has 0 saturated carbocycles. The number of anilines is 1. The zero-order chi connectivity index (χ0) is 13.8. The SMILES string of the molecule is COc1ccc(Br)c(CNc2cc(Br)ccc2Cl)c1. The molecule has 2 aromatic carbocycles. The molecule has 0 atom stereocenters. The molecule has 19 heavy (non-hydrogen) atoms. The van der Waals surface area contributed by atoms with E-state index < -0.39 is 0 Å². The first-order valence-corrected chi connectivity index (χ1v) is 7.58. The Morgan fingerprint density at radius 2 is 1.95 bits per heavy atom. The number of rotatable bonds is 4. The van der Waals surface area contributed by atoms with Gasteiger partial charge in [0.05, 0.1) is 17.8 Å². The fraction of sp³-hybridized carbons (Fsp3) is 0.143. The van der Waals surface area contributed by atoms with E-state index in [9.17, 15) is 0 Å². The third-order valence-corrected chi connectivity index (χ3v) is 4.25. The van der Waals surface area contributed by atoms with Gasteiger partial charge in [0.2, 0.25) is 0 Å². The van der Waals surface area contributed by atoms with Gasteiger partial charge in [-0.2, -0.15) is 0 Å². The monoisotopic (exact) mass is 403 g/mol. The number of hydrogen-bond acceptors (Lipinski definition) is 2. The van der Waals surface area contributed by atoms with Crippen molar-refractivity contribution < 1.29 is 4.74 Å². The van der Waals surface area contributed by atoms with Crippen molar-refractivity contribution in [3.63, 3.8) is 0 Å². The Bertz CT molecular complexity index is 590. The Labute approximate surface area is 134 Å². The van der Waals surface area contributed by atoms with Crippen LogP contribution in [0, 0.1) is 0 Å². The van der Waals surface area contributed by atoms with Crippen LogP contribution in [-0.2, 0) is 6.54 Å². The van der Waals surface area contributed by atoms with Gasteiger partial charge in [-0.25, -0.2) is 0 Å². The Morgan fingerprint density at radius 1 is 1.16 bits per heavy atom. The largest absolute Gasteiger partial charge is 0.497 e. The van der Waals surface area contributed by atoms with E-state index in [1.54, 1.807) is 7.11 Å². The molecule has 0 fully saturated rings. The lowest BCUT2D eigenvalue weighted by Crippen LogP contribution is -2.01. The molecule has 0 bridgehead atoms. The van der Waals surface area contributed by atoms with Gasteiger partial charge >= 0.3 is 0 Å². The van der Waals surface area contributed by atoms with Crippen LogP contribution in [-0.4, -0.2) is 7.11 Å². The van der Waals surface area contributed by atoms with Crippen molar-refractivity contribution >= 4 is 49.1 Å². The molecule has 5 heteroatoms. The van der Waals surface area contributed by atoms with Crippen LogP contribution in [0.2, 0.25) is 5.02 Å². The van der Waals surface area contributed by atoms with E-state index in [0.717, 1.165) is 25.9 Å². The zero-order valence-corrected chi connectivity index (χ0v) is 14.1. The van der Waals surface area contributed by atoms with Gasteiger partial charge in [0, 0.05) is 15.5 Å². The number of ether oxygens (including phenoxy) is 1. The number of benzene rings is 2. The number of halogens is 3. The number of methoxy groups -OCH3 is 1. The van der Waals surface area contributed by atoms with Crippen LogP contribution in [0.25, 0.3) is 0 Å². The predicted octanol–water partition coefficient (Wildman–Crippen LogP) is 5.49. The Kier molecular flexibility index (Phi) is 5.13. The van der Waals surface area contributed by atoms with Crippen molar-refractivity contribution in [2.45, 2.75) is 6.54 Å². The second kappa shape index (κ2) is 6.64. The van der Waals surface area contributed by atoms with Gasteiger partial charge in [-0.1, -0.05) is 43.5 Å². The summed E-state index contributed by atoms with van der Waals surface area (Å²) in [5.74, 6) is 0.834. The molecule has 0 aliphatic rings. The maximum Gasteiger partial charge on any atom is 0.119 e. The van der Waals surface area contributed by atoms with Gasteiger partial charge < -0.3 is 10.1 Å². The normalized spacial score (nSPS) is 10.3. The standard InChI is InChI=1S/C14H12Br2ClNO/c1-19-11-3-4-12(16)9(6-11)8-18-14-7-10(15)2-5-13(14)17/h2-7,18H,8H2,1H3. The Hall–Kier alpha value is -0.710. The molecule has 0 aliphatic carbocycles. The van der Waals surface area contributed by atoms with Crippen molar-refractivity contribution in [1.82, 2.24) is 0 Å². The molecular weight excluding hydrogens is 393 g/mol. The van der Waals surface area contributed by atoms with Gasteiger partial charge in [-0.3, -0.25) is 0 Å². The molecule has 2 rings (SSSR count). The Morgan fingerprint density at radius 3 is 2.68 bits per heavy atom. The maximum absolute atomic E-state index is 6.14. The molecule has 0 aromatic heterocycles. The zero-order valence-electron chi connectivity index (χ0n) is 10.2. The van der Waals surface area contributed by atoms with E-state index in [1.165, 1.54) is 0 Å². The van der Waals surface area contributed by atoms with Crippen LogP contribution in [0.15, 0.2) is 45.3 Å². The van der Waals surface area contributed by atoms with Crippen molar-refractivity contribution in [2.75, 3.05) is 12.4 Å². The first kappa shape index (κ1) is 14.7. The number of nitrogens with one attached hydrogen (secondary N) is 1. The molecule has 1 N–H and O–H groups in total. The number of hydrogen-bond donors (Lipinski definition) is 1. The lowest BCUT2D eigenvalue weighted by Gasteiger charge is -2.11. The average Bonchev–Trinajstić information content (AvgIpc) is 2.41. The molecule has 100 valence electrons. The molecule has 0 aliphatic heterocycles. The van der Waals surface area contributed by atoms with Gasteiger partial charge in [-0.05, 0) is 42.0 Å². The highest BCUT2D eigenvalue weighted by molar-refractivity contribution is 9.10. The highest BCUT2D eigenvalue weighted by Crippen LogP contribution is 2.28. The molecule has 2 aromatic rings. The van der Waals surface area contributed by atoms with Crippen LogP contribution in [0.1, 0.15) is 5.56 Å². The predicted molar refractivity (Wildman–Crippen MR) is 87.2 cm³/mol. The summed E-state index contributed by atoms with van der Waals surface area (Å²) in [6.07, 6.45) is 0. The highest BCUT2D eigenvalue weighted by Gasteiger charge is 2.05. The molecule has 2 nitrogen and oxygen atoms in total. The fourth-order valence-electron chi connectivity index (χ4n) is 1.64. The molecular formula is C14H12Br2ClNO. The van der Waals surface area contributed by atoms with E-state index in [4.69, 9.17) is 16.3 Å². The summed E-state index contributed by atoms with van der Waals surface area (Å²) >= 11 is 13.1. The van der Waals surface area contributed by atoms with E-state index in [0.29, 0.717) is 11.6 Å². The first-order chi connectivity index (χ1) is 9.10. The Balaban J connectivity index is 2.16. The minimum absolute atomic E-state index is 0.661. The third kappa shape index (κ3) is 3.88. The quantitative estimate of drug-likeness (QED) is 0.727. The molecule has 0 spiro atoms. The highest BCUT2D eigenvalue weighted by atomic mass is 79.9.